The summed E-state index contributed by atoms with van der Waals surface area (Å²) in [7, 11) is 1.36. The van der Waals surface area contributed by atoms with Crippen LogP contribution in [-0.4, -0.2) is 39.8 Å². The zero-order chi connectivity index (χ0) is 23.0. The van der Waals surface area contributed by atoms with Gasteiger partial charge in [-0.25, -0.2) is 4.98 Å². The van der Waals surface area contributed by atoms with E-state index in [4.69, 9.17) is 4.74 Å². The molecule has 0 bridgehead atoms. The van der Waals surface area contributed by atoms with Crippen LogP contribution in [0.1, 0.15) is 28.0 Å². The smallest absolute Gasteiger partial charge is 0.307 e. The number of pyridine rings is 1. The first-order valence-corrected chi connectivity index (χ1v) is 11.7. The highest BCUT2D eigenvalue weighted by Gasteiger charge is 2.18. The number of amides is 1. The molecule has 0 N–H and O–H groups in total. The first-order valence-electron chi connectivity index (χ1n) is 10.7. The van der Waals surface area contributed by atoms with E-state index in [1.54, 1.807) is 16.7 Å². The second-order valence-corrected chi connectivity index (χ2v) is 8.60. The lowest BCUT2D eigenvalue weighted by atomic mass is 10.1. The average molecular weight is 460 g/mol. The number of imidazole rings is 1. The van der Waals surface area contributed by atoms with E-state index in [0.29, 0.717) is 18.7 Å². The van der Waals surface area contributed by atoms with Crippen molar-refractivity contribution in [3.8, 4) is 0 Å². The molecule has 1 amide bonds. The molecule has 0 saturated heterocycles. The van der Waals surface area contributed by atoms with Crippen molar-refractivity contribution in [3.05, 3.63) is 102 Å². The van der Waals surface area contributed by atoms with Gasteiger partial charge in [-0.05, 0) is 42.0 Å². The number of carbonyl (C=O) groups is 2. The fraction of sp³-hybridized carbons (Fsp3) is 0.192. The van der Waals surface area contributed by atoms with E-state index in [2.05, 4.69) is 4.98 Å². The Kier molecular flexibility index (Phi) is 7.42. The second-order valence-electron chi connectivity index (χ2n) is 7.55. The van der Waals surface area contributed by atoms with E-state index in [1.165, 1.54) is 7.11 Å². The van der Waals surface area contributed by atoms with Gasteiger partial charge in [-0.2, -0.15) is 0 Å². The fourth-order valence-corrected chi connectivity index (χ4v) is 4.26. The molecule has 7 heteroatoms. The highest BCUT2D eigenvalue weighted by molar-refractivity contribution is 7.98. The number of nitrogens with zero attached hydrogens (tertiary/aromatic N) is 3. The molecule has 0 radical (unpaired) electrons. The zero-order valence-electron chi connectivity index (χ0n) is 18.4. The Morgan fingerprint density at radius 2 is 1.76 bits per heavy atom. The second kappa shape index (κ2) is 10.8. The maximum Gasteiger partial charge on any atom is 0.307 e. The molecule has 33 heavy (non-hydrogen) atoms. The first-order chi connectivity index (χ1) is 16.1. The van der Waals surface area contributed by atoms with Gasteiger partial charge in [0.2, 0.25) is 0 Å². The summed E-state index contributed by atoms with van der Waals surface area (Å²) < 4.78 is 6.76. The van der Waals surface area contributed by atoms with Crippen molar-refractivity contribution < 1.29 is 14.3 Å². The van der Waals surface area contributed by atoms with Gasteiger partial charge in [0, 0.05) is 41.7 Å². The molecule has 0 spiro atoms. The van der Waals surface area contributed by atoms with Crippen molar-refractivity contribution in [2.75, 3.05) is 13.7 Å². The molecular formula is C26H25N3O3S. The van der Waals surface area contributed by atoms with Crippen LogP contribution in [0.4, 0.5) is 0 Å². The summed E-state index contributed by atoms with van der Waals surface area (Å²) in [6, 6.07) is 23.3. The Hall–Kier alpha value is -3.58. The molecular weight excluding hydrogens is 434 g/mol. The maximum absolute atomic E-state index is 13.2. The normalized spacial score (nSPS) is 10.8. The molecule has 0 aliphatic carbocycles. The van der Waals surface area contributed by atoms with Crippen LogP contribution in [0, 0.1) is 0 Å². The van der Waals surface area contributed by atoms with Crippen molar-refractivity contribution in [1.82, 2.24) is 14.3 Å². The minimum atomic E-state index is -0.334. The third kappa shape index (κ3) is 6.02. The van der Waals surface area contributed by atoms with E-state index in [9.17, 15) is 9.59 Å². The molecule has 0 aliphatic rings. The average Bonchev–Trinajstić information content (AvgIpc) is 3.28. The molecule has 0 fully saturated rings. The topological polar surface area (TPSA) is 63.9 Å². The Balaban J connectivity index is 1.41. The molecule has 0 aliphatic heterocycles. The Labute approximate surface area is 197 Å². The highest BCUT2D eigenvalue weighted by atomic mass is 32.2. The lowest BCUT2D eigenvalue weighted by molar-refractivity contribution is -0.140. The predicted octanol–water partition coefficient (Wildman–Crippen LogP) is 4.83. The third-order valence-corrected chi connectivity index (χ3v) is 6.26. The SMILES string of the molecule is COC(=O)CCN(Cc1ccccc1)C(=O)c1ccc(SCc2cn3ccccc3n2)cc1. The van der Waals surface area contributed by atoms with Gasteiger partial charge in [0.15, 0.2) is 0 Å². The van der Waals surface area contributed by atoms with Crippen LogP contribution in [0.5, 0.6) is 0 Å². The van der Waals surface area contributed by atoms with E-state index in [-0.39, 0.29) is 18.3 Å². The van der Waals surface area contributed by atoms with Gasteiger partial charge in [-0.3, -0.25) is 9.59 Å². The van der Waals surface area contributed by atoms with Crippen LogP contribution in [0.25, 0.3) is 5.65 Å². The largest absolute Gasteiger partial charge is 0.469 e. The molecule has 2 aromatic heterocycles. The van der Waals surface area contributed by atoms with Crippen molar-refractivity contribution >= 4 is 29.3 Å². The number of aromatic nitrogens is 2. The van der Waals surface area contributed by atoms with E-state index >= 15 is 0 Å². The molecule has 0 unspecified atom stereocenters. The number of thioether (sulfide) groups is 1. The molecule has 2 heterocycles. The fourth-order valence-electron chi connectivity index (χ4n) is 3.47. The number of esters is 1. The van der Waals surface area contributed by atoms with Crippen LogP contribution in [0.2, 0.25) is 0 Å². The highest BCUT2D eigenvalue weighted by Crippen LogP contribution is 2.23. The quantitative estimate of drug-likeness (QED) is 0.265. The molecule has 2 aromatic carbocycles. The van der Waals surface area contributed by atoms with Crippen LogP contribution in [0.15, 0.2) is 90.1 Å². The van der Waals surface area contributed by atoms with Gasteiger partial charge in [0.1, 0.15) is 5.65 Å². The summed E-state index contributed by atoms with van der Waals surface area (Å²) in [6.07, 6.45) is 4.17. The molecule has 4 rings (SSSR count). The van der Waals surface area contributed by atoms with Crippen molar-refractivity contribution in [3.63, 3.8) is 0 Å². The van der Waals surface area contributed by atoms with Crippen LogP contribution in [-0.2, 0) is 21.8 Å². The van der Waals surface area contributed by atoms with Crippen LogP contribution in [0.3, 0.4) is 0 Å². The van der Waals surface area contributed by atoms with Gasteiger partial charge in [-0.15, -0.1) is 11.8 Å². The number of methoxy groups -OCH3 is 1. The number of carbonyl (C=O) groups excluding carboxylic acids is 2. The number of ether oxygens (including phenoxy) is 1. The molecule has 168 valence electrons. The monoisotopic (exact) mass is 459 g/mol. The standard InChI is InChI=1S/C26H25N3O3S/c1-32-25(30)14-16-29(17-20-7-3-2-4-8-20)26(31)21-10-12-23(13-11-21)33-19-22-18-28-15-6-5-9-24(28)27-22/h2-13,15,18H,14,16-17,19H2,1H3. The van der Waals surface area contributed by atoms with Crippen LogP contribution < -0.4 is 0 Å². The number of rotatable bonds is 9. The summed E-state index contributed by atoms with van der Waals surface area (Å²) in [6.45, 7) is 0.728. The number of benzene rings is 2. The Morgan fingerprint density at radius 1 is 1.00 bits per heavy atom. The van der Waals surface area contributed by atoms with Gasteiger partial charge in [0.25, 0.3) is 5.91 Å². The number of hydrogen-bond donors (Lipinski definition) is 0. The van der Waals surface area contributed by atoms with E-state index in [0.717, 1.165) is 27.6 Å². The van der Waals surface area contributed by atoms with E-state index in [1.807, 2.05) is 89.6 Å². The summed E-state index contributed by atoms with van der Waals surface area (Å²) in [5, 5.41) is 0. The minimum Gasteiger partial charge on any atom is -0.469 e. The first kappa shape index (κ1) is 22.6. The Bertz CT molecular complexity index is 1190. The lowest BCUT2D eigenvalue weighted by Gasteiger charge is -2.22. The summed E-state index contributed by atoms with van der Waals surface area (Å²) in [5.74, 6) is 0.299. The predicted molar refractivity (Wildman–Crippen MR) is 129 cm³/mol. The maximum atomic E-state index is 13.2. The van der Waals surface area contributed by atoms with Crippen LogP contribution >= 0.6 is 11.8 Å². The number of hydrogen-bond acceptors (Lipinski definition) is 5. The Morgan fingerprint density at radius 3 is 2.48 bits per heavy atom. The van der Waals surface area contributed by atoms with E-state index < -0.39 is 0 Å². The summed E-state index contributed by atoms with van der Waals surface area (Å²) in [5.41, 5.74) is 3.53. The van der Waals surface area contributed by atoms with Gasteiger partial charge >= 0.3 is 5.97 Å². The summed E-state index contributed by atoms with van der Waals surface area (Å²) >= 11 is 1.68. The third-order valence-electron chi connectivity index (χ3n) is 5.22. The minimum absolute atomic E-state index is 0.111. The van der Waals surface area contributed by atoms with Gasteiger partial charge in [0.05, 0.1) is 19.2 Å². The molecule has 4 aromatic rings. The molecule has 0 atom stereocenters. The van der Waals surface area contributed by atoms with Gasteiger partial charge in [-0.1, -0.05) is 36.4 Å². The van der Waals surface area contributed by atoms with Crippen molar-refractivity contribution in [2.45, 2.75) is 23.6 Å². The van der Waals surface area contributed by atoms with Crippen molar-refractivity contribution in [2.24, 2.45) is 0 Å². The molecule has 0 saturated carbocycles. The molecule has 6 nitrogen and oxygen atoms in total. The number of fused-ring (bicyclic) bond motifs is 1. The lowest BCUT2D eigenvalue weighted by Crippen LogP contribution is -2.32. The zero-order valence-corrected chi connectivity index (χ0v) is 19.2. The van der Waals surface area contributed by atoms with Crippen molar-refractivity contribution in [1.29, 1.82) is 0 Å². The van der Waals surface area contributed by atoms with Gasteiger partial charge < -0.3 is 14.0 Å². The summed E-state index contributed by atoms with van der Waals surface area (Å²) in [4.78, 5) is 32.2.